The van der Waals surface area contributed by atoms with Gasteiger partial charge >= 0.3 is 0 Å². The average Bonchev–Trinajstić information content (AvgIpc) is 2.43. The minimum Gasteiger partial charge on any atom is -0.147 e. The van der Waals surface area contributed by atoms with Crippen LogP contribution in [0.2, 0.25) is 10.0 Å². The van der Waals surface area contributed by atoms with Crippen molar-refractivity contribution in [2.24, 2.45) is 5.92 Å². The van der Waals surface area contributed by atoms with Crippen LogP contribution >= 0.6 is 35.6 Å². The SMILES string of the molecule is CCC(C)C(c1ccc(Cl)cc1)c1ccc(Cl)cc1.Cl. The fourth-order valence-corrected chi connectivity index (χ4v) is 2.68. The maximum Gasteiger partial charge on any atom is 0.0406 e. The molecule has 0 saturated heterocycles. The van der Waals surface area contributed by atoms with Crippen LogP contribution in [0, 0.1) is 5.92 Å². The van der Waals surface area contributed by atoms with Gasteiger partial charge in [-0.2, -0.15) is 0 Å². The zero-order valence-electron chi connectivity index (χ0n) is 11.6. The van der Waals surface area contributed by atoms with Gasteiger partial charge in [-0.3, -0.25) is 0 Å². The Morgan fingerprint density at radius 3 is 1.45 bits per heavy atom. The highest BCUT2D eigenvalue weighted by Gasteiger charge is 2.20. The van der Waals surface area contributed by atoms with Crippen LogP contribution < -0.4 is 0 Å². The van der Waals surface area contributed by atoms with E-state index < -0.39 is 0 Å². The molecule has 0 fully saturated rings. The number of halogens is 3. The van der Waals surface area contributed by atoms with Gasteiger partial charge < -0.3 is 0 Å². The lowest BCUT2D eigenvalue weighted by molar-refractivity contribution is 0.496. The Kier molecular flexibility index (Phi) is 6.88. The summed E-state index contributed by atoms with van der Waals surface area (Å²) in [6, 6.07) is 16.3. The summed E-state index contributed by atoms with van der Waals surface area (Å²) in [7, 11) is 0. The zero-order valence-corrected chi connectivity index (χ0v) is 14.0. The van der Waals surface area contributed by atoms with Crippen LogP contribution in [-0.4, -0.2) is 0 Å². The van der Waals surface area contributed by atoms with Crippen LogP contribution in [0.15, 0.2) is 48.5 Å². The molecule has 1 atom stereocenters. The number of hydrogen-bond acceptors (Lipinski definition) is 0. The summed E-state index contributed by atoms with van der Waals surface area (Å²) in [5.41, 5.74) is 2.61. The van der Waals surface area contributed by atoms with E-state index >= 15 is 0 Å². The van der Waals surface area contributed by atoms with Crippen LogP contribution in [0.4, 0.5) is 0 Å². The summed E-state index contributed by atoms with van der Waals surface area (Å²) in [6.45, 7) is 4.51. The molecule has 0 amide bonds. The first-order chi connectivity index (χ1) is 9.11. The van der Waals surface area contributed by atoms with Crippen LogP contribution in [0.25, 0.3) is 0 Å². The van der Waals surface area contributed by atoms with Crippen molar-refractivity contribution in [1.29, 1.82) is 0 Å². The van der Waals surface area contributed by atoms with Crippen molar-refractivity contribution in [2.45, 2.75) is 26.2 Å². The zero-order chi connectivity index (χ0) is 13.8. The summed E-state index contributed by atoms with van der Waals surface area (Å²) in [5, 5.41) is 1.56. The van der Waals surface area contributed by atoms with E-state index in [0.717, 1.165) is 16.5 Å². The summed E-state index contributed by atoms with van der Waals surface area (Å²) in [4.78, 5) is 0. The normalized spacial score (nSPS) is 12.1. The number of benzene rings is 2. The van der Waals surface area contributed by atoms with Crippen molar-refractivity contribution in [3.8, 4) is 0 Å². The molecule has 0 radical (unpaired) electrons. The average molecular weight is 330 g/mol. The van der Waals surface area contributed by atoms with E-state index in [9.17, 15) is 0 Å². The van der Waals surface area contributed by atoms with Gasteiger partial charge in [-0.25, -0.2) is 0 Å². The highest BCUT2D eigenvalue weighted by atomic mass is 35.5. The molecule has 0 N–H and O–H groups in total. The van der Waals surface area contributed by atoms with Crippen LogP contribution in [0.5, 0.6) is 0 Å². The molecule has 0 bridgehead atoms. The molecule has 0 aliphatic rings. The lowest BCUT2D eigenvalue weighted by atomic mass is 9.80. The second-order valence-corrected chi connectivity index (χ2v) is 5.84. The van der Waals surface area contributed by atoms with E-state index in [2.05, 4.69) is 38.1 Å². The summed E-state index contributed by atoms with van der Waals surface area (Å²) in [5.74, 6) is 0.960. The standard InChI is InChI=1S/C17H18Cl2.ClH/c1-3-12(2)17(13-4-8-15(18)9-5-13)14-6-10-16(19)11-7-14;/h4-12,17H,3H2,1-2H3;1H. The number of rotatable bonds is 4. The van der Waals surface area contributed by atoms with Crippen molar-refractivity contribution in [2.75, 3.05) is 0 Å². The molecular formula is C17H19Cl3. The van der Waals surface area contributed by atoms with Crippen LogP contribution in [-0.2, 0) is 0 Å². The fraction of sp³-hybridized carbons (Fsp3) is 0.294. The second-order valence-electron chi connectivity index (χ2n) is 4.97. The van der Waals surface area contributed by atoms with Gasteiger partial charge in [-0.1, -0.05) is 67.7 Å². The summed E-state index contributed by atoms with van der Waals surface area (Å²) in [6.07, 6.45) is 1.13. The predicted molar refractivity (Wildman–Crippen MR) is 91.5 cm³/mol. The molecule has 20 heavy (non-hydrogen) atoms. The van der Waals surface area contributed by atoms with Crippen molar-refractivity contribution in [3.05, 3.63) is 69.7 Å². The Hall–Kier alpha value is -0.690. The Balaban J connectivity index is 0.00000200. The number of hydrogen-bond donors (Lipinski definition) is 0. The molecule has 1 unspecified atom stereocenters. The van der Waals surface area contributed by atoms with Gasteiger partial charge in [0.15, 0.2) is 0 Å². The van der Waals surface area contributed by atoms with Gasteiger partial charge in [-0.15, -0.1) is 12.4 Å². The topological polar surface area (TPSA) is 0 Å². The molecular weight excluding hydrogens is 311 g/mol. The molecule has 2 rings (SSSR count). The molecule has 108 valence electrons. The van der Waals surface area contributed by atoms with E-state index in [1.54, 1.807) is 0 Å². The Morgan fingerprint density at radius 2 is 1.15 bits per heavy atom. The highest BCUT2D eigenvalue weighted by Crippen LogP contribution is 2.34. The largest absolute Gasteiger partial charge is 0.147 e. The van der Waals surface area contributed by atoms with Crippen molar-refractivity contribution < 1.29 is 0 Å². The summed E-state index contributed by atoms with van der Waals surface area (Å²) < 4.78 is 0. The molecule has 0 saturated carbocycles. The predicted octanol–water partition coefficient (Wildman–Crippen LogP) is 6.59. The van der Waals surface area contributed by atoms with E-state index in [1.165, 1.54) is 11.1 Å². The first kappa shape index (κ1) is 17.4. The summed E-state index contributed by atoms with van der Waals surface area (Å²) >= 11 is 12.0. The second kappa shape index (κ2) is 7.93. The Labute approximate surface area is 137 Å². The van der Waals surface area contributed by atoms with Crippen LogP contribution in [0.3, 0.4) is 0 Å². The van der Waals surface area contributed by atoms with Gasteiger partial charge in [0.1, 0.15) is 0 Å². The lowest BCUT2D eigenvalue weighted by Crippen LogP contribution is -2.10. The van der Waals surface area contributed by atoms with E-state index in [4.69, 9.17) is 23.2 Å². The van der Waals surface area contributed by atoms with E-state index in [0.29, 0.717) is 11.8 Å². The molecule has 2 aromatic carbocycles. The Morgan fingerprint density at radius 1 is 0.800 bits per heavy atom. The maximum absolute atomic E-state index is 5.98. The van der Waals surface area contributed by atoms with Gasteiger partial charge in [0.05, 0.1) is 0 Å². The van der Waals surface area contributed by atoms with E-state index in [1.807, 2.05) is 24.3 Å². The smallest absolute Gasteiger partial charge is 0.0406 e. The minimum absolute atomic E-state index is 0. The quantitative estimate of drug-likeness (QED) is 0.593. The van der Waals surface area contributed by atoms with E-state index in [-0.39, 0.29) is 12.4 Å². The molecule has 3 heteroatoms. The molecule has 0 nitrogen and oxygen atoms in total. The van der Waals surface area contributed by atoms with Crippen molar-refractivity contribution in [1.82, 2.24) is 0 Å². The van der Waals surface area contributed by atoms with Gasteiger partial charge in [0.25, 0.3) is 0 Å². The monoisotopic (exact) mass is 328 g/mol. The van der Waals surface area contributed by atoms with Gasteiger partial charge in [0.2, 0.25) is 0 Å². The van der Waals surface area contributed by atoms with Crippen molar-refractivity contribution >= 4 is 35.6 Å². The lowest BCUT2D eigenvalue weighted by Gasteiger charge is -2.24. The Bertz CT molecular complexity index is 471. The molecule has 0 aliphatic carbocycles. The van der Waals surface area contributed by atoms with Gasteiger partial charge in [0, 0.05) is 16.0 Å². The van der Waals surface area contributed by atoms with Crippen molar-refractivity contribution in [3.63, 3.8) is 0 Å². The van der Waals surface area contributed by atoms with Gasteiger partial charge in [-0.05, 0) is 41.3 Å². The third kappa shape index (κ3) is 4.15. The third-order valence-electron chi connectivity index (χ3n) is 3.67. The molecule has 0 aromatic heterocycles. The first-order valence-corrected chi connectivity index (χ1v) is 7.38. The minimum atomic E-state index is 0. The maximum atomic E-state index is 5.98. The first-order valence-electron chi connectivity index (χ1n) is 6.62. The highest BCUT2D eigenvalue weighted by molar-refractivity contribution is 6.30. The molecule has 2 aromatic rings. The fourth-order valence-electron chi connectivity index (χ4n) is 2.43. The molecule has 0 heterocycles. The third-order valence-corrected chi connectivity index (χ3v) is 4.18. The molecule has 0 aliphatic heterocycles. The van der Waals surface area contributed by atoms with Crippen LogP contribution in [0.1, 0.15) is 37.3 Å². The molecule has 0 spiro atoms.